The summed E-state index contributed by atoms with van der Waals surface area (Å²) in [7, 11) is -5.21. The quantitative estimate of drug-likeness (QED) is 0.280. The van der Waals surface area contributed by atoms with Crippen LogP contribution in [-0.4, -0.2) is 43.9 Å². The fourth-order valence-corrected chi connectivity index (χ4v) is 1.37. The van der Waals surface area contributed by atoms with Crippen LogP contribution in [0.5, 0.6) is 0 Å². The van der Waals surface area contributed by atoms with E-state index in [1.165, 1.54) is 0 Å². The Morgan fingerprint density at radius 1 is 1.18 bits per heavy atom. The van der Waals surface area contributed by atoms with Crippen LogP contribution in [0.1, 0.15) is 6.42 Å². The van der Waals surface area contributed by atoms with E-state index < -0.39 is 47.4 Å². The maximum Gasteiger partial charge on any atom is 1.00 e. The van der Waals surface area contributed by atoms with E-state index in [0.29, 0.717) is 0 Å². The molecule has 0 aliphatic rings. The molecule has 0 saturated heterocycles. The number of ether oxygens (including phenoxy) is 2. The average molecular weight is 284 g/mol. The van der Waals surface area contributed by atoms with Gasteiger partial charge in [0.05, 0.1) is 6.42 Å². The van der Waals surface area contributed by atoms with E-state index >= 15 is 0 Å². The summed E-state index contributed by atoms with van der Waals surface area (Å²) in [4.78, 5) is 21.4. The van der Waals surface area contributed by atoms with Crippen LogP contribution >= 0.6 is 0 Å². The Labute approximate surface area is 117 Å². The van der Waals surface area contributed by atoms with Crippen LogP contribution < -0.4 is 29.6 Å². The SMILES string of the molecule is O=C(CC(C(=O)OCF)S(=O)(=O)[O-])OCF.[Na+]. The van der Waals surface area contributed by atoms with Crippen molar-refractivity contribution in [3.05, 3.63) is 0 Å². The molecular weight excluding hydrogens is 277 g/mol. The molecule has 0 saturated carbocycles. The Hall–Kier alpha value is -0.290. The van der Waals surface area contributed by atoms with Gasteiger partial charge in [-0.05, 0) is 0 Å². The summed E-state index contributed by atoms with van der Waals surface area (Å²) < 4.78 is 61.9. The van der Waals surface area contributed by atoms with Crippen molar-refractivity contribution >= 4 is 22.1 Å². The summed E-state index contributed by atoms with van der Waals surface area (Å²) in [5.74, 6) is -3.16. The molecule has 7 nitrogen and oxygen atoms in total. The molecule has 0 heterocycles. The van der Waals surface area contributed by atoms with E-state index in [9.17, 15) is 31.3 Å². The van der Waals surface area contributed by atoms with Crippen molar-refractivity contribution in [1.29, 1.82) is 0 Å². The van der Waals surface area contributed by atoms with Crippen LogP contribution in [0.15, 0.2) is 0 Å². The van der Waals surface area contributed by atoms with Crippen LogP contribution in [0, 0.1) is 0 Å². The van der Waals surface area contributed by atoms with E-state index in [-0.39, 0.29) is 29.6 Å². The van der Waals surface area contributed by atoms with Crippen molar-refractivity contribution in [3.63, 3.8) is 0 Å². The van der Waals surface area contributed by atoms with Crippen molar-refractivity contribution in [1.82, 2.24) is 0 Å². The number of esters is 2. The van der Waals surface area contributed by atoms with Gasteiger partial charge in [0.1, 0.15) is 10.1 Å². The molecule has 0 aromatic carbocycles. The van der Waals surface area contributed by atoms with E-state index in [0.717, 1.165) is 0 Å². The van der Waals surface area contributed by atoms with Crippen molar-refractivity contribution in [2.24, 2.45) is 0 Å². The normalized spacial score (nSPS) is 12.2. The molecule has 17 heavy (non-hydrogen) atoms. The van der Waals surface area contributed by atoms with Gasteiger partial charge in [-0.2, -0.15) is 0 Å². The number of halogens is 2. The van der Waals surface area contributed by atoms with Gasteiger partial charge in [0.25, 0.3) is 0 Å². The zero-order valence-corrected chi connectivity index (χ0v) is 11.5. The first-order valence-corrected chi connectivity index (χ1v) is 5.19. The average Bonchev–Trinajstić information content (AvgIpc) is 2.13. The standard InChI is InChI=1S/C6H8F2O7S.Na/c7-2-14-5(9)1-4(16(11,12)13)6(10)15-3-8;/h4H,1-3H2,(H,11,12,13);/q;+1/p-1. The predicted molar refractivity (Wildman–Crippen MR) is 42.2 cm³/mol. The first-order chi connectivity index (χ1) is 7.32. The summed E-state index contributed by atoms with van der Waals surface area (Å²) in [6.07, 6.45) is -1.23. The molecule has 1 unspecified atom stereocenters. The third-order valence-electron chi connectivity index (χ3n) is 1.38. The zero-order valence-electron chi connectivity index (χ0n) is 8.72. The van der Waals surface area contributed by atoms with Gasteiger partial charge >= 0.3 is 41.5 Å². The van der Waals surface area contributed by atoms with Gasteiger partial charge in [-0.25, -0.2) is 17.2 Å². The Bertz CT molecular complexity index is 357. The second-order valence-electron chi connectivity index (χ2n) is 2.38. The molecule has 0 aromatic rings. The molecular formula is C6H7F2NaO7S. The van der Waals surface area contributed by atoms with Crippen molar-refractivity contribution in [2.45, 2.75) is 11.7 Å². The number of hydrogen-bond acceptors (Lipinski definition) is 7. The number of alkyl halides is 2. The number of carbonyl (C=O) groups is 2. The number of carbonyl (C=O) groups excluding carboxylic acids is 2. The molecule has 0 radical (unpaired) electrons. The molecule has 0 aromatic heterocycles. The first-order valence-electron chi connectivity index (χ1n) is 3.71. The van der Waals surface area contributed by atoms with Crippen molar-refractivity contribution in [2.75, 3.05) is 13.7 Å². The van der Waals surface area contributed by atoms with Gasteiger partial charge in [0, 0.05) is 0 Å². The predicted octanol–water partition coefficient (Wildman–Crippen LogP) is -3.77. The minimum atomic E-state index is -5.21. The second-order valence-corrected chi connectivity index (χ2v) is 3.94. The maximum atomic E-state index is 11.6. The summed E-state index contributed by atoms with van der Waals surface area (Å²) >= 11 is 0. The number of hydrogen-bond donors (Lipinski definition) is 0. The molecule has 0 bridgehead atoms. The smallest absolute Gasteiger partial charge is 0.747 e. The van der Waals surface area contributed by atoms with Crippen LogP contribution in [-0.2, 0) is 29.2 Å². The minimum Gasteiger partial charge on any atom is -0.747 e. The first kappa shape index (κ1) is 19.1. The fourth-order valence-electron chi connectivity index (χ4n) is 0.721. The molecule has 0 fully saturated rings. The topological polar surface area (TPSA) is 110 Å². The maximum absolute atomic E-state index is 11.6. The van der Waals surface area contributed by atoms with E-state index in [1.807, 2.05) is 0 Å². The monoisotopic (exact) mass is 284 g/mol. The van der Waals surface area contributed by atoms with E-state index in [2.05, 4.69) is 9.47 Å². The van der Waals surface area contributed by atoms with Crippen LogP contribution in [0.2, 0.25) is 0 Å². The fraction of sp³-hybridized carbons (Fsp3) is 0.667. The zero-order chi connectivity index (χ0) is 12.8. The van der Waals surface area contributed by atoms with Gasteiger partial charge in [-0.3, -0.25) is 9.59 Å². The second kappa shape index (κ2) is 8.75. The Morgan fingerprint density at radius 3 is 2.00 bits per heavy atom. The Kier molecular flexibility index (Phi) is 9.81. The third kappa shape index (κ3) is 7.60. The number of rotatable bonds is 6. The molecule has 1 atom stereocenters. The Balaban J connectivity index is 0. The molecule has 11 heteroatoms. The van der Waals surface area contributed by atoms with Crippen LogP contribution in [0.4, 0.5) is 8.78 Å². The van der Waals surface area contributed by atoms with Crippen molar-refractivity contribution < 1.29 is 70.4 Å². The van der Waals surface area contributed by atoms with Crippen molar-refractivity contribution in [3.8, 4) is 0 Å². The molecule has 0 aliphatic heterocycles. The van der Waals surface area contributed by atoms with Gasteiger partial charge in [-0.15, -0.1) is 0 Å². The molecule has 0 amide bonds. The van der Waals surface area contributed by atoms with Gasteiger partial charge in [0.15, 0.2) is 5.25 Å². The minimum absolute atomic E-state index is 0. The summed E-state index contributed by atoms with van der Waals surface area (Å²) in [6, 6.07) is 0. The molecule has 0 rings (SSSR count). The third-order valence-corrected chi connectivity index (χ3v) is 2.43. The van der Waals surface area contributed by atoms with Gasteiger partial charge < -0.3 is 14.0 Å². The van der Waals surface area contributed by atoms with E-state index in [1.54, 1.807) is 0 Å². The molecule has 0 spiro atoms. The molecule has 94 valence electrons. The summed E-state index contributed by atoms with van der Waals surface area (Å²) in [6.45, 7) is -3.19. The molecule has 0 N–H and O–H groups in total. The van der Waals surface area contributed by atoms with Crippen LogP contribution in [0.25, 0.3) is 0 Å². The van der Waals surface area contributed by atoms with Gasteiger partial charge in [-0.1, -0.05) is 0 Å². The summed E-state index contributed by atoms with van der Waals surface area (Å²) in [5, 5.41) is -2.44. The summed E-state index contributed by atoms with van der Waals surface area (Å²) in [5.41, 5.74) is 0. The largest absolute Gasteiger partial charge is 1.00 e. The van der Waals surface area contributed by atoms with Gasteiger partial charge in [0.2, 0.25) is 13.7 Å². The molecule has 0 aliphatic carbocycles. The van der Waals surface area contributed by atoms with Crippen LogP contribution in [0.3, 0.4) is 0 Å². The van der Waals surface area contributed by atoms with E-state index in [4.69, 9.17) is 0 Å². The Morgan fingerprint density at radius 2 is 1.65 bits per heavy atom.